The maximum Gasteiger partial charge on any atom is 0.252 e. The van der Waals surface area contributed by atoms with Crippen LogP contribution in [0.5, 0.6) is 0 Å². The van der Waals surface area contributed by atoms with Gasteiger partial charge in [0, 0.05) is 50.1 Å². The predicted octanol–water partition coefficient (Wildman–Crippen LogP) is 1.03. The molecule has 0 atom stereocenters. The number of nitrogens with one attached hydrogen (secondary N) is 1. The van der Waals surface area contributed by atoms with Crippen molar-refractivity contribution in [3.63, 3.8) is 0 Å². The second kappa shape index (κ2) is 7.40. The van der Waals surface area contributed by atoms with Gasteiger partial charge in [-0.1, -0.05) is 6.92 Å². The molecule has 0 radical (unpaired) electrons. The Kier molecular flexibility index (Phi) is 5.55. The Balaban J connectivity index is 1.67. The molecule has 0 saturated carbocycles. The summed E-state index contributed by atoms with van der Waals surface area (Å²) in [6.07, 6.45) is 0.377. The standard InChI is InChI=1S/C14H21N3O2S/c1-2-16-6-8-17(9-7-16)13(18)3-5-15-14(19)12-4-10-20-11-12/h4,10-11H,2-3,5-9H2,1H3,(H,15,19). The highest BCUT2D eigenvalue weighted by Gasteiger charge is 2.19. The molecule has 1 N–H and O–H groups in total. The van der Waals surface area contributed by atoms with Gasteiger partial charge in [0.1, 0.15) is 0 Å². The lowest BCUT2D eigenvalue weighted by Gasteiger charge is -2.34. The normalized spacial score (nSPS) is 16.1. The molecule has 1 aliphatic rings. The Morgan fingerprint density at radius 1 is 1.30 bits per heavy atom. The molecule has 110 valence electrons. The Hall–Kier alpha value is -1.40. The molecule has 5 nitrogen and oxygen atoms in total. The van der Waals surface area contributed by atoms with Crippen molar-refractivity contribution in [1.82, 2.24) is 15.1 Å². The van der Waals surface area contributed by atoms with E-state index in [1.807, 2.05) is 10.3 Å². The first-order chi connectivity index (χ1) is 9.70. The minimum atomic E-state index is -0.102. The topological polar surface area (TPSA) is 52.6 Å². The van der Waals surface area contributed by atoms with Crippen molar-refractivity contribution in [1.29, 1.82) is 0 Å². The van der Waals surface area contributed by atoms with Gasteiger partial charge in [-0.2, -0.15) is 11.3 Å². The van der Waals surface area contributed by atoms with Gasteiger partial charge in [-0.15, -0.1) is 0 Å². The summed E-state index contributed by atoms with van der Waals surface area (Å²) < 4.78 is 0. The van der Waals surface area contributed by atoms with E-state index in [4.69, 9.17) is 0 Å². The van der Waals surface area contributed by atoms with Crippen LogP contribution in [0, 0.1) is 0 Å². The highest BCUT2D eigenvalue weighted by molar-refractivity contribution is 7.08. The lowest BCUT2D eigenvalue weighted by molar-refractivity contribution is -0.132. The highest BCUT2D eigenvalue weighted by Crippen LogP contribution is 2.06. The van der Waals surface area contributed by atoms with E-state index in [1.54, 1.807) is 11.4 Å². The van der Waals surface area contributed by atoms with Crippen LogP contribution in [0.4, 0.5) is 0 Å². The quantitative estimate of drug-likeness (QED) is 0.883. The van der Waals surface area contributed by atoms with Gasteiger partial charge in [-0.25, -0.2) is 0 Å². The molecular weight excluding hydrogens is 274 g/mol. The second-order valence-corrected chi connectivity index (χ2v) is 5.61. The van der Waals surface area contributed by atoms with Crippen LogP contribution >= 0.6 is 11.3 Å². The summed E-state index contributed by atoms with van der Waals surface area (Å²) in [4.78, 5) is 28.0. The third-order valence-corrected chi connectivity index (χ3v) is 4.26. The monoisotopic (exact) mass is 295 g/mol. The predicted molar refractivity (Wildman–Crippen MR) is 80.0 cm³/mol. The molecule has 0 unspecified atom stereocenters. The number of piperazine rings is 1. The molecule has 1 aromatic rings. The van der Waals surface area contributed by atoms with E-state index in [-0.39, 0.29) is 11.8 Å². The van der Waals surface area contributed by atoms with Crippen LogP contribution in [-0.4, -0.2) is 60.9 Å². The Morgan fingerprint density at radius 2 is 2.05 bits per heavy atom. The van der Waals surface area contributed by atoms with Gasteiger partial charge in [0.15, 0.2) is 0 Å². The molecule has 1 aromatic heterocycles. The summed E-state index contributed by atoms with van der Waals surface area (Å²) in [6, 6.07) is 1.78. The summed E-state index contributed by atoms with van der Waals surface area (Å²) >= 11 is 1.49. The largest absolute Gasteiger partial charge is 0.351 e. The van der Waals surface area contributed by atoms with Crippen LogP contribution in [0.2, 0.25) is 0 Å². The van der Waals surface area contributed by atoms with E-state index >= 15 is 0 Å². The average molecular weight is 295 g/mol. The molecule has 20 heavy (non-hydrogen) atoms. The maximum absolute atomic E-state index is 12.0. The lowest BCUT2D eigenvalue weighted by atomic mass is 10.2. The fourth-order valence-electron chi connectivity index (χ4n) is 2.25. The van der Waals surface area contributed by atoms with E-state index in [1.165, 1.54) is 11.3 Å². The van der Waals surface area contributed by atoms with Crippen LogP contribution in [0.25, 0.3) is 0 Å². The van der Waals surface area contributed by atoms with Crippen LogP contribution < -0.4 is 5.32 Å². The first kappa shape index (κ1) is 15.0. The Morgan fingerprint density at radius 3 is 2.65 bits per heavy atom. The van der Waals surface area contributed by atoms with Crippen molar-refractivity contribution in [3.05, 3.63) is 22.4 Å². The van der Waals surface area contributed by atoms with Gasteiger partial charge in [0.05, 0.1) is 0 Å². The minimum absolute atomic E-state index is 0.102. The van der Waals surface area contributed by atoms with E-state index in [0.29, 0.717) is 18.5 Å². The summed E-state index contributed by atoms with van der Waals surface area (Å²) in [5.41, 5.74) is 0.666. The van der Waals surface area contributed by atoms with Crippen molar-refractivity contribution in [3.8, 4) is 0 Å². The van der Waals surface area contributed by atoms with Crippen molar-refractivity contribution >= 4 is 23.2 Å². The molecule has 2 heterocycles. The first-order valence-electron chi connectivity index (χ1n) is 7.01. The number of amides is 2. The second-order valence-electron chi connectivity index (χ2n) is 4.83. The van der Waals surface area contributed by atoms with Gasteiger partial charge in [0.2, 0.25) is 5.91 Å². The van der Waals surface area contributed by atoms with Crippen LogP contribution in [0.15, 0.2) is 16.8 Å². The molecule has 1 saturated heterocycles. The molecule has 6 heteroatoms. The molecule has 2 rings (SSSR count). The van der Waals surface area contributed by atoms with Gasteiger partial charge in [-0.05, 0) is 18.0 Å². The Bertz CT molecular complexity index is 439. The molecule has 0 aromatic carbocycles. The Labute approximate surface area is 123 Å². The average Bonchev–Trinajstić information content (AvgIpc) is 3.01. The summed E-state index contributed by atoms with van der Waals surface area (Å²) in [7, 11) is 0. The molecular formula is C14H21N3O2S. The van der Waals surface area contributed by atoms with E-state index in [9.17, 15) is 9.59 Å². The zero-order valence-electron chi connectivity index (χ0n) is 11.8. The number of carbonyl (C=O) groups is 2. The number of carbonyl (C=O) groups excluding carboxylic acids is 2. The highest BCUT2D eigenvalue weighted by atomic mass is 32.1. The van der Waals surface area contributed by atoms with Gasteiger partial charge in [-0.3, -0.25) is 9.59 Å². The molecule has 0 bridgehead atoms. The van der Waals surface area contributed by atoms with Crippen molar-refractivity contribution in [2.75, 3.05) is 39.3 Å². The zero-order chi connectivity index (χ0) is 14.4. The van der Waals surface area contributed by atoms with Gasteiger partial charge < -0.3 is 15.1 Å². The SMILES string of the molecule is CCN1CCN(C(=O)CCNC(=O)c2ccsc2)CC1. The molecule has 2 amide bonds. The number of hydrogen-bond donors (Lipinski definition) is 1. The summed E-state index contributed by atoms with van der Waals surface area (Å²) in [6.45, 7) is 7.07. The number of likely N-dealkylation sites (N-methyl/N-ethyl adjacent to an activating group) is 1. The number of thiophene rings is 1. The van der Waals surface area contributed by atoms with E-state index < -0.39 is 0 Å². The molecule has 0 aliphatic carbocycles. The molecule has 1 aliphatic heterocycles. The van der Waals surface area contributed by atoms with Crippen molar-refractivity contribution in [2.45, 2.75) is 13.3 Å². The van der Waals surface area contributed by atoms with Crippen molar-refractivity contribution in [2.24, 2.45) is 0 Å². The maximum atomic E-state index is 12.0. The van der Waals surface area contributed by atoms with Crippen LogP contribution in [0.3, 0.4) is 0 Å². The lowest BCUT2D eigenvalue weighted by Crippen LogP contribution is -2.49. The zero-order valence-corrected chi connectivity index (χ0v) is 12.6. The number of nitrogens with zero attached hydrogens (tertiary/aromatic N) is 2. The fourth-order valence-corrected chi connectivity index (χ4v) is 2.89. The summed E-state index contributed by atoms with van der Waals surface area (Å²) in [5, 5.41) is 6.46. The summed E-state index contributed by atoms with van der Waals surface area (Å²) in [5.74, 6) is 0.0289. The van der Waals surface area contributed by atoms with Crippen LogP contribution in [-0.2, 0) is 4.79 Å². The van der Waals surface area contributed by atoms with E-state index in [2.05, 4.69) is 17.1 Å². The third kappa shape index (κ3) is 4.05. The third-order valence-electron chi connectivity index (χ3n) is 3.58. The number of hydrogen-bond acceptors (Lipinski definition) is 4. The molecule has 0 spiro atoms. The first-order valence-corrected chi connectivity index (χ1v) is 7.95. The molecule has 1 fully saturated rings. The van der Waals surface area contributed by atoms with Gasteiger partial charge in [0.25, 0.3) is 5.91 Å². The van der Waals surface area contributed by atoms with E-state index in [0.717, 1.165) is 32.7 Å². The van der Waals surface area contributed by atoms with Crippen molar-refractivity contribution < 1.29 is 9.59 Å². The smallest absolute Gasteiger partial charge is 0.252 e. The van der Waals surface area contributed by atoms with Gasteiger partial charge >= 0.3 is 0 Å². The minimum Gasteiger partial charge on any atom is -0.351 e. The van der Waals surface area contributed by atoms with Crippen LogP contribution in [0.1, 0.15) is 23.7 Å². The fraction of sp³-hybridized carbons (Fsp3) is 0.571. The number of rotatable bonds is 5.